The van der Waals surface area contributed by atoms with Crippen molar-refractivity contribution in [3.05, 3.63) is 64.4 Å². The first kappa shape index (κ1) is 19.6. The first-order chi connectivity index (χ1) is 15.5. The molecule has 3 atom stereocenters. The summed E-state index contributed by atoms with van der Waals surface area (Å²) in [6.45, 7) is 0. The van der Waals surface area contributed by atoms with Gasteiger partial charge in [-0.3, -0.25) is 4.79 Å². The molecule has 2 heterocycles. The second-order valence-electron chi connectivity index (χ2n) is 9.72. The van der Waals surface area contributed by atoms with E-state index in [9.17, 15) is 9.90 Å². The standard InChI is InChI=1S/C26H28N4O2/c27-24-22-23(20-3-1-2-4-21(20)28-25(22)32)29-30(24)18-8-5-16(6-9-18)11-13-26-14-12-19(31)10-7-17(26)15-26/h1-6,8-9,17,19,31H,7,10-15,27H2,(H,28,32). The first-order valence-electron chi connectivity index (χ1n) is 11.6. The van der Waals surface area contributed by atoms with E-state index in [1.165, 1.54) is 24.8 Å². The number of aliphatic hydroxyl groups is 1. The molecule has 2 aromatic carbocycles. The van der Waals surface area contributed by atoms with Gasteiger partial charge in [0.15, 0.2) is 0 Å². The van der Waals surface area contributed by atoms with Crippen LogP contribution in [0, 0.1) is 11.3 Å². The van der Waals surface area contributed by atoms with Crippen LogP contribution in [0.15, 0.2) is 53.3 Å². The molecule has 6 nitrogen and oxygen atoms in total. The molecule has 2 fully saturated rings. The minimum Gasteiger partial charge on any atom is -0.393 e. The Morgan fingerprint density at radius 1 is 1.12 bits per heavy atom. The summed E-state index contributed by atoms with van der Waals surface area (Å²) in [5.41, 5.74) is 10.1. The Bertz CT molecular complexity index is 1370. The number of anilines is 1. The van der Waals surface area contributed by atoms with Crippen molar-refractivity contribution in [1.29, 1.82) is 0 Å². The van der Waals surface area contributed by atoms with Crippen LogP contribution >= 0.6 is 0 Å². The summed E-state index contributed by atoms with van der Waals surface area (Å²) in [4.78, 5) is 15.5. The third-order valence-electron chi connectivity index (χ3n) is 7.85. The van der Waals surface area contributed by atoms with Gasteiger partial charge in [0.25, 0.3) is 5.56 Å². The fourth-order valence-electron chi connectivity index (χ4n) is 5.79. The van der Waals surface area contributed by atoms with Crippen LogP contribution in [0.2, 0.25) is 0 Å². The normalized spacial score (nSPS) is 25.0. The number of fused-ring (bicyclic) bond motifs is 4. The summed E-state index contributed by atoms with van der Waals surface area (Å²) in [7, 11) is 0. The molecule has 6 rings (SSSR count). The number of aromatic nitrogens is 3. The van der Waals surface area contributed by atoms with Gasteiger partial charge in [-0.25, -0.2) is 4.68 Å². The molecule has 4 N–H and O–H groups in total. The third kappa shape index (κ3) is 3.13. The average Bonchev–Trinajstić information content (AvgIpc) is 3.42. The van der Waals surface area contributed by atoms with Crippen LogP contribution in [0.4, 0.5) is 5.82 Å². The van der Waals surface area contributed by atoms with Crippen LogP contribution in [0.5, 0.6) is 0 Å². The Morgan fingerprint density at radius 3 is 2.78 bits per heavy atom. The third-order valence-corrected chi connectivity index (χ3v) is 7.85. The maximum absolute atomic E-state index is 12.6. The molecule has 4 aromatic rings. The maximum atomic E-state index is 12.6. The zero-order chi connectivity index (χ0) is 21.9. The number of aryl methyl sites for hydroxylation is 1. The highest BCUT2D eigenvalue weighted by Crippen LogP contribution is 2.62. The molecule has 164 valence electrons. The van der Waals surface area contributed by atoms with Gasteiger partial charge in [0.2, 0.25) is 0 Å². The number of rotatable bonds is 4. The van der Waals surface area contributed by atoms with Crippen LogP contribution in [-0.4, -0.2) is 26.0 Å². The molecule has 0 amide bonds. The number of aromatic amines is 1. The number of H-pyrrole nitrogens is 1. The quantitative estimate of drug-likeness (QED) is 0.451. The number of nitrogens with one attached hydrogen (secondary N) is 1. The number of hydrogen-bond donors (Lipinski definition) is 3. The minimum absolute atomic E-state index is 0.0987. The van der Waals surface area contributed by atoms with E-state index in [1.807, 2.05) is 36.4 Å². The molecule has 0 saturated heterocycles. The van der Waals surface area contributed by atoms with E-state index in [0.29, 0.717) is 22.1 Å². The number of para-hydroxylation sites is 1. The molecule has 2 aromatic heterocycles. The lowest BCUT2D eigenvalue weighted by Crippen LogP contribution is -2.09. The molecule has 0 aliphatic heterocycles. The van der Waals surface area contributed by atoms with Crippen molar-refractivity contribution in [2.24, 2.45) is 11.3 Å². The largest absolute Gasteiger partial charge is 0.393 e. The van der Waals surface area contributed by atoms with Gasteiger partial charge in [-0.15, -0.1) is 0 Å². The number of hydrogen-bond acceptors (Lipinski definition) is 4. The average molecular weight is 429 g/mol. The van der Waals surface area contributed by atoms with E-state index in [0.717, 1.165) is 48.2 Å². The smallest absolute Gasteiger partial charge is 0.261 e. The van der Waals surface area contributed by atoms with Crippen LogP contribution in [0.3, 0.4) is 0 Å². The summed E-state index contributed by atoms with van der Waals surface area (Å²) < 4.78 is 1.67. The molecule has 0 spiro atoms. The molecule has 0 radical (unpaired) electrons. The summed E-state index contributed by atoms with van der Waals surface area (Å²) in [5, 5.41) is 16.0. The SMILES string of the molecule is Nc1c2c(=O)[nH]c3ccccc3c2nn1-c1ccc(CCC23CCC(O)CCC2C3)cc1. The van der Waals surface area contributed by atoms with Crippen LogP contribution in [0.25, 0.3) is 27.5 Å². The Hall–Kier alpha value is -3.12. The van der Waals surface area contributed by atoms with E-state index in [-0.39, 0.29) is 11.7 Å². The van der Waals surface area contributed by atoms with Gasteiger partial charge < -0.3 is 15.8 Å². The maximum Gasteiger partial charge on any atom is 0.261 e. The zero-order valence-electron chi connectivity index (χ0n) is 18.1. The van der Waals surface area contributed by atoms with Gasteiger partial charge in [-0.1, -0.05) is 30.3 Å². The second kappa shape index (κ2) is 7.20. The minimum atomic E-state index is -0.217. The van der Waals surface area contributed by atoms with E-state index in [1.54, 1.807) is 4.68 Å². The Labute approximate surface area is 186 Å². The molecular formula is C26H28N4O2. The van der Waals surface area contributed by atoms with Gasteiger partial charge in [-0.05, 0) is 80.0 Å². The lowest BCUT2D eigenvalue weighted by molar-refractivity contribution is 0.149. The van der Waals surface area contributed by atoms with Gasteiger partial charge in [-0.2, -0.15) is 5.10 Å². The fourth-order valence-corrected chi connectivity index (χ4v) is 5.79. The molecule has 3 unspecified atom stereocenters. The molecular weight excluding hydrogens is 400 g/mol. The Kier molecular flexibility index (Phi) is 4.40. The summed E-state index contributed by atoms with van der Waals surface area (Å²) >= 11 is 0. The van der Waals surface area contributed by atoms with Crippen LogP contribution in [-0.2, 0) is 6.42 Å². The highest BCUT2D eigenvalue weighted by atomic mass is 16.3. The van der Waals surface area contributed by atoms with Gasteiger partial charge in [0.1, 0.15) is 16.7 Å². The second-order valence-corrected chi connectivity index (χ2v) is 9.72. The Morgan fingerprint density at radius 2 is 1.94 bits per heavy atom. The highest BCUT2D eigenvalue weighted by molar-refractivity contribution is 6.06. The van der Waals surface area contributed by atoms with Crippen LogP contribution in [0.1, 0.15) is 44.1 Å². The predicted molar refractivity (Wildman–Crippen MR) is 127 cm³/mol. The van der Waals surface area contributed by atoms with Gasteiger partial charge >= 0.3 is 0 Å². The van der Waals surface area contributed by atoms with Gasteiger partial charge in [0, 0.05) is 5.39 Å². The lowest BCUT2D eigenvalue weighted by Gasteiger charge is -2.16. The molecule has 2 saturated carbocycles. The molecule has 2 aliphatic rings. The monoisotopic (exact) mass is 428 g/mol. The first-order valence-corrected chi connectivity index (χ1v) is 11.6. The fraction of sp³-hybridized carbons (Fsp3) is 0.385. The van der Waals surface area contributed by atoms with E-state index < -0.39 is 0 Å². The summed E-state index contributed by atoms with van der Waals surface area (Å²) in [6, 6.07) is 16.0. The highest BCUT2D eigenvalue weighted by Gasteiger charge is 2.53. The number of pyridine rings is 1. The predicted octanol–water partition coefficient (Wildman–Crippen LogP) is 4.32. The number of nitrogens with two attached hydrogens (primary N) is 1. The van der Waals surface area contributed by atoms with Crippen molar-refractivity contribution < 1.29 is 5.11 Å². The number of nitrogen functional groups attached to an aromatic ring is 1. The number of benzene rings is 2. The van der Waals surface area contributed by atoms with E-state index in [4.69, 9.17) is 10.8 Å². The number of aliphatic hydroxyl groups excluding tert-OH is 1. The van der Waals surface area contributed by atoms with E-state index in [2.05, 4.69) is 17.1 Å². The van der Waals surface area contributed by atoms with Crippen molar-refractivity contribution in [3.8, 4) is 5.69 Å². The topological polar surface area (TPSA) is 96.9 Å². The lowest BCUT2D eigenvalue weighted by atomic mass is 9.90. The summed E-state index contributed by atoms with van der Waals surface area (Å²) in [5.74, 6) is 1.17. The Balaban J connectivity index is 1.27. The van der Waals surface area contributed by atoms with Crippen molar-refractivity contribution >= 4 is 27.6 Å². The van der Waals surface area contributed by atoms with Crippen molar-refractivity contribution in [2.45, 2.75) is 51.0 Å². The van der Waals surface area contributed by atoms with Crippen molar-refractivity contribution in [3.63, 3.8) is 0 Å². The number of nitrogens with zero attached hydrogens (tertiary/aromatic N) is 2. The molecule has 2 aliphatic carbocycles. The van der Waals surface area contributed by atoms with Gasteiger partial charge in [0.05, 0.1) is 17.3 Å². The van der Waals surface area contributed by atoms with E-state index >= 15 is 0 Å². The molecule has 6 heteroatoms. The van der Waals surface area contributed by atoms with Crippen molar-refractivity contribution in [1.82, 2.24) is 14.8 Å². The van der Waals surface area contributed by atoms with Crippen molar-refractivity contribution in [2.75, 3.05) is 5.73 Å². The summed E-state index contributed by atoms with van der Waals surface area (Å²) in [6.07, 6.45) is 7.74. The molecule has 32 heavy (non-hydrogen) atoms. The zero-order valence-corrected chi connectivity index (χ0v) is 18.1. The van der Waals surface area contributed by atoms with Crippen LogP contribution < -0.4 is 11.3 Å². The molecule has 0 bridgehead atoms.